The first-order chi connectivity index (χ1) is 27.3. The molecule has 0 fully saturated rings. The third kappa shape index (κ3) is 5.43. The maximum Gasteiger partial charge on any atom is 0.0554 e. The Hall–Kier alpha value is -6.52. The second-order valence-corrected chi connectivity index (χ2v) is 16.2. The van der Waals surface area contributed by atoms with Crippen molar-refractivity contribution in [1.82, 2.24) is 0 Å². The van der Waals surface area contributed by atoms with Crippen molar-refractivity contribution in [3.8, 4) is 33.4 Å². The van der Waals surface area contributed by atoms with Crippen LogP contribution in [0.3, 0.4) is 0 Å². The quantitative estimate of drug-likeness (QED) is 0.164. The molecule has 11 aromatic rings. The SMILES string of the molecule is c1ccc(-c2ccc(N(c3ccc(-c4cccc5sc6cc7ccccc7cc6c45)c(-c4ccccc4)c3)c3cccc4sc5ccccc5c34)cc2)cc1. The Morgan fingerprint density at radius 2 is 0.909 bits per heavy atom. The van der Waals surface area contributed by atoms with Gasteiger partial charge in [0.25, 0.3) is 0 Å². The van der Waals surface area contributed by atoms with Gasteiger partial charge in [0, 0.05) is 51.7 Å². The van der Waals surface area contributed by atoms with Crippen molar-refractivity contribution in [3.63, 3.8) is 0 Å². The molecular weight excluding hydrogens is 703 g/mol. The molecule has 3 heteroatoms. The molecule has 0 radical (unpaired) electrons. The molecule has 0 spiro atoms. The number of benzene rings is 9. The largest absolute Gasteiger partial charge is 0.310 e. The Morgan fingerprint density at radius 3 is 1.71 bits per heavy atom. The second-order valence-electron chi connectivity index (χ2n) is 14.1. The van der Waals surface area contributed by atoms with Gasteiger partial charge < -0.3 is 4.90 Å². The first kappa shape index (κ1) is 32.0. The van der Waals surface area contributed by atoms with E-state index >= 15 is 0 Å². The topological polar surface area (TPSA) is 3.24 Å². The number of anilines is 3. The lowest BCUT2D eigenvalue weighted by Gasteiger charge is -2.28. The Bertz CT molecular complexity index is 3190. The van der Waals surface area contributed by atoms with Crippen LogP contribution in [0.5, 0.6) is 0 Å². The molecule has 2 aromatic heterocycles. The summed E-state index contributed by atoms with van der Waals surface area (Å²) in [7, 11) is 0. The van der Waals surface area contributed by atoms with Gasteiger partial charge >= 0.3 is 0 Å². The predicted octanol–water partition coefficient (Wildman–Crippen LogP) is 16.0. The fourth-order valence-corrected chi connectivity index (χ4v) is 10.6. The molecular formula is C52H33NS2. The smallest absolute Gasteiger partial charge is 0.0554 e. The Balaban J connectivity index is 1.16. The van der Waals surface area contributed by atoms with Crippen molar-refractivity contribution in [1.29, 1.82) is 0 Å². The molecule has 0 aliphatic heterocycles. The van der Waals surface area contributed by atoms with Crippen LogP contribution < -0.4 is 4.90 Å². The molecule has 0 saturated carbocycles. The molecule has 0 atom stereocenters. The van der Waals surface area contributed by atoms with Crippen molar-refractivity contribution < 1.29 is 0 Å². The lowest BCUT2D eigenvalue weighted by molar-refractivity contribution is 1.30. The molecule has 258 valence electrons. The summed E-state index contributed by atoms with van der Waals surface area (Å²) in [6, 6.07) is 73.5. The van der Waals surface area contributed by atoms with Crippen LogP contribution in [0.2, 0.25) is 0 Å². The van der Waals surface area contributed by atoms with E-state index in [4.69, 9.17) is 0 Å². The van der Waals surface area contributed by atoms with Crippen molar-refractivity contribution in [2.45, 2.75) is 0 Å². The first-order valence-corrected chi connectivity index (χ1v) is 20.3. The lowest BCUT2D eigenvalue weighted by Crippen LogP contribution is -2.10. The Morgan fingerprint density at radius 1 is 0.309 bits per heavy atom. The zero-order valence-corrected chi connectivity index (χ0v) is 31.4. The monoisotopic (exact) mass is 735 g/mol. The van der Waals surface area contributed by atoms with Crippen LogP contribution >= 0.6 is 22.7 Å². The van der Waals surface area contributed by atoms with Crippen LogP contribution in [0, 0.1) is 0 Å². The number of nitrogens with zero attached hydrogens (tertiary/aromatic N) is 1. The minimum Gasteiger partial charge on any atom is -0.310 e. The summed E-state index contributed by atoms with van der Waals surface area (Å²) in [6.07, 6.45) is 0. The van der Waals surface area contributed by atoms with E-state index in [1.54, 1.807) is 0 Å². The van der Waals surface area contributed by atoms with Gasteiger partial charge in [0.1, 0.15) is 0 Å². The molecule has 0 aliphatic carbocycles. The molecule has 55 heavy (non-hydrogen) atoms. The van der Waals surface area contributed by atoms with Gasteiger partial charge in [-0.1, -0.05) is 140 Å². The minimum absolute atomic E-state index is 1.12. The van der Waals surface area contributed by atoms with Gasteiger partial charge in [-0.2, -0.15) is 0 Å². The number of thiophene rings is 2. The van der Waals surface area contributed by atoms with E-state index in [0.717, 1.165) is 11.4 Å². The van der Waals surface area contributed by atoms with Crippen LogP contribution in [-0.2, 0) is 0 Å². The summed E-state index contributed by atoms with van der Waals surface area (Å²) < 4.78 is 5.21. The van der Waals surface area contributed by atoms with E-state index in [0.29, 0.717) is 0 Å². The van der Waals surface area contributed by atoms with Crippen LogP contribution in [0.4, 0.5) is 17.1 Å². The summed E-state index contributed by atoms with van der Waals surface area (Å²) in [5, 5.41) is 7.75. The Labute approximate surface area is 327 Å². The van der Waals surface area contributed by atoms with E-state index < -0.39 is 0 Å². The van der Waals surface area contributed by atoms with Crippen LogP contribution in [0.15, 0.2) is 200 Å². The summed E-state index contributed by atoms with van der Waals surface area (Å²) in [4.78, 5) is 2.46. The molecule has 2 heterocycles. The molecule has 0 unspecified atom stereocenters. The standard InChI is InChI=1S/C52H33NS2/c1-3-13-34(14-4-1)35-25-27-39(28-26-35)53(46-21-12-24-49-52(46)43-19-9-10-22-47(43)54-49)40-29-30-41(44(33-40)36-15-5-2-6-16-36)42-20-11-23-48-51(42)45-31-37-17-7-8-18-38(37)32-50(45)55-48/h1-33H. The van der Waals surface area contributed by atoms with Gasteiger partial charge in [0.2, 0.25) is 0 Å². The maximum atomic E-state index is 2.46. The molecule has 11 rings (SSSR count). The first-order valence-electron chi connectivity index (χ1n) is 18.7. The lowest BCUT2D eigenvalue weighted by atomic mass is 9.91. The van der Waals surface area contributed by atoms with Crippen molar-refractivity contribution >= 4 is 90.9 Å². The molecule has 9 aromatic carbocycles. The highest BCUT2D eigenvalue weighted by atomic mass is 32.1. The van der Waals surface area contributed by atoms with Crippen LogP contribution in [0.25, 0.3) is 84.5 Å². The van der Waals surface area contributed by atoms with Gasteiger partial charge in [-0.3, -0.25) is 0 Å². The normalized spacial score (nSPS) is 11.6. The van der Waals surface area contributed by atoms with Gasteiger partial charge in [0.05, 0.1) is 5.69 Å². The maximum absolute atomic E-state index is 2.46. The van der Waals surface area contributed by atoms with E-state index in [9.17, 15) is 0 Å². The molecule has 0 saturated heterocycles. The van der Waals surface area contributed by atoms with Crippen LogP contribution in [0.1, 0.15) is 0 Å². The average Bonchev–Trinajstić information content (AvgIpc) is 3.82. The van der Waals surface area contributed by atoms with E-state index in [2.05, 4.69) is 205 Å². The van der Waals surface area contributed by atoms with Crippen molar-refractivity contribution in [3.05, 3.63) is 200 Å². The highest BCUT2D eigenvalue weighted by molar-refractivity contribution is 7.26. The average molecular weight is 736 g/mol. The fourth-order valence-electron chi connectivity index (χ4n) is 8.30. The molecule has 0 amide bonds. The van der Waals surface area contributed by atoms with E-state index in [1.807, 2.05) is 22.7 Å². The summed E-state index contributed by atoms with van der Waals surface area (Å²) in [6.45, 7) is 0. The molecule has 0 aliphatic rings. The van der Waals surface area contributed by atoms with Crippen molar-refractivity contribution in [2.24, 2.45) is 0 Å². The number of rotatable bonds is 6. The highest BCUT2D eigenvalue weighted by Gasteiger charge is 2.22. The fraction of sp³-hybridized carbons (Fsp3) is 0. The minimum atomic E-state index is 1.12. The number of hydrogen-bond donors (Lipinski definition) is 0. The van der Waals surface area contributed by atoms with Crippen LogP contribution in [-0.4, -0.2) is 0 Å². The molecule has 0 bridgehead atoms. The van der Waals surface area contributed by atoms with Gasteiger partial charge in [-0.15, -0.1) is 22.7 Å². The van der Waals surface area contributed by atoms with Gasteiger partial charge in [-0.25, -0.2) is 0 Å². The van der Waals surface area contributed by atoms with Gasteiger partial charge in [-0.05, 0) is 105 Å². The zero-order valence-electron chi connectivity index (χ0n) is 29.8. The predicted molar refractivity (Wildman–Crippen MR) is 241 cm³/mol. The van der Waals surface area contributed by atoms with Crippen molar-refractivity contribution in [2.75, 3.05) is 4.90 Å². The zero-order chi connectivity index (χ0) is 36.3. The summed E-state index contributed by atoms with van der Waals surface area (Å²) in [5.74, 6) is 0. The third-order valence-electron chi connectivity index (χ3n) is 10.9. The molecule has 1 nitrogen and oxygen atoms in total. The van der Waals surface area contributed by atoms with E-state index in [1.165, 1.54) is 90.2 Å². The Kier molecular flexibility index (Phi) is 7.61. The summed E-state index contributed by atoms with van der Waals surface area (Å²) in [5.41, 5.74) is 10.7. The van der Waals surface area contributed by atoms with Gasteiger partial charge in [0.15, 0.2) is 0 Å². The highest BCUT2D eigenvalue weighted by Crippen LogP contribution is 2.48. The second kappa shape index (κ2) is 13.1. The summed E-state index contributed by atoms with van der Waals surface area (Å²) >= 11 is 3.75. The third-order valence-corrected chi connectivity index (χ3v) is 13.1. The van der Waals surface area contributed by atoms with E-state index in [-0.39, 0.29) is 0 Å². The molecule has 0 N–H and O–H groups in total. The number of fused-ring (bicyclic) bond motifs is 7. The number of hydrogen-bond acceptors (Lipinski definition) is 3.